The molecule has 2 rings (SSSR count). The minimum Gasteiger partial charge on any atom is -0.369 e. The maximum atomic E-state index is 13.6. The van der Waals surface area contributed by atoms with Crippen molar-refractivity contribution in [1.82, 2.24) is 5.32 Å². The predicted molar refractivity (Wildman–Crippen MR) is 69.9 cm³/mol. The maximum absolute atomic E-state index is 13.6. The molecule has 94 valence electrons. The highest BCUT2D eigenvalue weighted by atomic mass is 19.1. The molecule has 1 fully saturated rings. The summed E-state index contributed by atoms with van der Waals surface area (Å²) in [5, 5.41) is 3.48. The largest absolute Gasteiger partial charge is 0.369 e. The molecular weight excluding hydrogens is 215 g/mol. The molecular formula is C14H21FN2. The summed E-state index contributed by atoms with van der Waals surface area (Å²) in [4.78, 5) is 2.10. The lowest BCUT2D eigenvalue weighted by Gasteiger charge is -2.23. The molecule has 0 spiro atoms. The molecule has 0 saturated heterocycles. The zero-order valence-corrected chi connectivity index (χ0v) is 10.5. The molecule has 1 N–H and O–H groups in total. The molecule has 3 heteroatoms. The maximum Gasteiger partial charge on any atom is 0.146 e. The Morgan fingerprint density at radius 3 is 2.76 bits per heavy atom. The van der Waals surface area contributed by atoms with Gasteiger partial charge in [-0.3, -0.25) is 0 Å². The highest BCUT2D eigenvalue weighted by Crippen LogP contribution is 2.19. The third-order valence-corrected chi connectivity index (χ3v) is 3.19. The molecule has 0 atom stereocenters. The molecule has 17 heavy (non-hydrogen) atoms. The van der Waals surface area contributed by atoms with Crippen LogP contribution in [-0.2, 0) is 0 Å². The van der Waals surface area contributed by atoms with E-state index >= 15 is 0 Å². The van der Waals surface area contributed by atoms with Gasteiger partial charge in [0.2, 0.25) is 0 Å². The summed E-state index contributed by atoms with van der Waals surface area (Å²) >= 11 is 0. The fraction of sp³-hybridized carbons (Fsp3) is 0.571. The van der Waals surface area contributed by atoms with Crippen molar-refractivity contribution >= 4 is 5.69 Å². The van der Waals surface area contributed by atoms with Gasteiger partial charge in [-0.1, -0.05) is 12.1 Å². The number of benzene rings is 1. The number of para-hydroxylation sites is 1. The number of nitrogens with one attached hydrogen (secondary N) is 1. The molecule has 0 heterocycles. The van der Waals surface area contributed by atoms with Gasteiger partial charge in [-0.15, -0.1) is 0 Å². The average Bonchev–Trinajstić information content (AvgIpc) is 3.15. The Balaban J connectivity index is 1.80. The Bertz CT molecular complexity index is 350. The molecule has 0 aliphatic heterocycles. The number of hydrogen-bond acceptors (Lipinski definition) is 2. The van der Waals surface area contributed by atoms with Gasteiger partial charge in [0.25, 0.3) is 0 Å². The van der Waals surface area contributed by atoms with Crippen LogP contribution in [-0.4, -0.2) is 25.7 Å². The minimum absolute atomic E-state index is 0.121. The topological polar surface area (TPSA) is 15.3 Å². The fourth-order valence-corrected chi connectivity index (χ4v) is 2.02. The monoisotopic (exact) mass is 236 g/mol. The second kappa shape index (κ2) is 6.01. The first kappa shape index (κ1) is 12.4. The first-order chi connectivity index (χ1) is 8.31. The van der Waals surface area contributed by atoms with Crippen LogP contribution in [0.2, 0.25) is 0 Å². The van der Waals surface area contributed by atoms with Crippen molar-refractivity contribution in [2.45, 2.75) is 32.2 Å². The molecule has 1 aromatic carbocycles. The Morgan fingerprint density at radius 1 is 1.35 bits per heavy atom. The molecule has 1 aliphatic carbocycles. The van der Waals surface area contributed by atoms with Gasteiger partial charge in [0, 0.05) is 19.1 Å². The van der Waals surface area contributed by atoms with Crippen molar-refractivity contribution in [3.8, 4) is 0 Å². The van der Waals surface area contributed by atoms with Crippen LogP contribution in [0.3, 0.4) is 0 Å². The van der Waals surface area contributed by atoms with Crippen molar-refractivity contribution in [3.05, 3.63) is 30.1 Å². The van der Waals surface area contributed by atoms with Crippen LogP contribution in [0.25, 0.3) is 0 Å². The van der Waals surface area contributed by atoms with Crippen LogP contribution in [0.5, 0.6) is 0 Å². The van der Waals surface area contributed by atoms with E-state index in [2.05, 4.69) is 17.1 Å². The zero-order chi connectivity index (χ0) is 12.1. The van der Waals surface area contributed by atoms with Crippen LogP contribution >= 0.6 is 0 Å². The third kappa shape index (κ3) is 3.70. The molecule has 1 saturated carbocycles. The smallest absolute Gasteiger partial charge is 0.146 e. The normalized spacial score (nSPS) is 14.9. The van der Waals surface area contributed by atoms with Gasteiger partial charge in [-0.25, -0.2) is 4.39 Å². The van der Waals surface area contributed by atoms with Gasteiger partial charge in [0.15, 0.2) is 0 Å². The van der Waals surface area contributed by atoms with Crippen molar-refractivity contribution < 1.29 is 4.39 Å². The van der Waals surface area contributed by atoms with Gasteiger partial charge >= 0.3 is 0 Å². The quantitative estimate of drug-likeness (QED) is 0.732. The minimum atomic E-state index is -0.121. The lowest BCUT2D eigenvalue weighted by atomic mass is 10.2. The van der Waals surface area contributed by atoms with Gasteiger partial charge in [0.1, 0.15) is 5.82 Å². The molecule has 0 bridgehead atoms. The van der Waals surface area contributed by atoms with Gasteiger partial charge in [-0.2, -0.15) is 0 Å². The Kier molecular flexibility index (Phi) is 4.37. The van der Waals surface area contributed by atoms with Crippen LogP contribution in [0.4, 0.5) is 10.1 Å². The van der Waals surface area contributed by atoms with Crippen molar-refractivity contribution in [2.75, 3.05) is 24.5 Å². The van der Waals surface area contributed by atoms with Crippen LogP contribution < -0.4 is 10.2 Å². The van der Waals surface area contributed by atoms with Gasteiger partial charge in [-0.05, 0) is 44.9 Å². The summed E-state index contributed by atoms with van der Waals surface area (Å²) in [5.74, 6) is -0.121. The highest BCUT2D eigenvalue weighted by Gasteiger charge is 2.19. The van der Waals surface area contributed by atoms with E-state index in [1.54, 1.807) is 6.07 Å². The lowest BCUT2D eigenvalue weighted by Crippen LogP contribution is -2.28. The summed E-state index contributed by atoms with van der Waals surface area (Å²) in [7, 11) is 0. The van der Waals surface area contributed by atoms with E-state index in [0.717, 1.165) is 37.8 Å². The fourth-order valence-electron chi connectivity index (χ4n) is 2.02. The zero-order valence-electron chi connectivity index (χ0n) is 10.5. The number of nitrogens with zero attached hydrogens (tertiary/aromatic N) is 1. The summed E-state index contributed by atoms with van der Waals surface area (Å²) in [6, 6.07) is 7.77. The first-order valence-electron chi connectivity index (χ1n) is 6.54. The molecule has 0 radical (unpaired) electrons. The van der Waals surface area contributed by atoms with Crippen LogP contribution in [0, 0.1) is 5.82 Å². The molecule has 2 nitrogen and oxygen atoms in total. The summed E-state index contributed by atoms with van der Waals surface area (Å²) in [6.07, 6.45) is 3.72. The lowest BCUT2D eigenvalue weighted by molar-refractivity contribution is 0.603. The van der Waals surface area contributed by atoms with Crippen LogP contribution in [0.1, 0.15) is 26.2 Å². The van der Waals surface area contributed by atoms with Crippen molar-refractivity contribution in [3.63, 3.8) is 0 Å². The second-order valence-corrected chi connectivity index (χ2v) is 4.61. The molecule has 1 aromatic rings. The average molecular weight is 236 g/mol. The van der Waals surface area contributed by atoms with Gasteiger partial charge < -0.3 is 10.2 Å². The number of anilines is 1. The Morgan fingerprint density at radius 2 is 2.12 bits per heavy atom. The standard InChI is InChI=1S/C14H21FN2/c1-2-17(11-5-10-16-12-8-9-12)14-7-4-3-6-13(14)15/h3-4,6-7,12,16H,2,5,8-11H2,1H3. The first-order valence-corrected chi connectivity index (χ1v) is 6.54. The summed E-state index contributed by atoms with van der Waals surface area (Å²) < 4.78 is 13.6. The number of hydrogen-bond donors (Lipinski definition) is 1. The van der Waals surface area contributed by atoms with Crippen LogP contribution in [0.15, 0.2) is 24.3 Å². The predicted octanol–water partition coefficient (Wildman–Crippen LogP) is 2.79. The number of halogens is 1. The number of rotatable bonds is 7. The SMILES string of the molecule is CCN(CCCNC1CC1)c1ccccc1F. The molecule has 1 aliphatic rings. The Hall–Kier alpha value is -1.09. The second-order valence-electron chi connectivity index (χ2n) is 4.61. The summed E-state index contributed by atoms with van der Waals surface area (Å²) in [6.45, 7) is 4.87. The van der Waals surface area contributed by atoms with Crippen molar-refractivity contribution in [1.29, 1.82) is 0 Å². The summed E-state index contributed by atoms with van der Waals surface area (Å²) in [5.41, 5.74) is 0.724. The third-order valence-electron chi connectivity index (χ3n) is 3.19. The van der Waals surface area contributed by atoms with E-state index in [-0.39, 0.29) is 5.82 Å². The van der Waals surface area contributed by atoms with Crippen molar-refractivity contribution in [2.24, 2.45) is 0 Å². The van der Waals surface area contributed by atoms with E-state index in [9.17, 15) is 4.39 Å². The van der Waals surface area contributed by atoms with E-state index in [4.69, 9.17) is 0 Å². The molecule has 0 amide bonds. The van der Waals surface area contributed by atoms with E-state index in [1.807, 2.05) is 12.1 Å². The molecule has 0 unspecified atom stereocenters. The van der Waals surface area contributed by atoms with E-state index < -0.39 is 0 Å². The highest BCUT2D eigenvalue weighted by molar-refractivity contribution is 5.47. The van der Waals surface area contributed by atoms with E-state index in [0.29, 0.717) is 0 Å². The van der Waals surface area contributed by atoms with Gasteiger partial charge in [0.05, 0.1) is 5.69 Å². The van der Waals surface area contributed by atoms with E-state index in [1.165, 1.54) is 18.9 Å². The Labute approximate surface area is 103 Å². The molecule has 0 aromatic heterocycles.